The third-order valence-corrected chi connectivity index (χ3v) is 2.47. The molecule has 0 aliphatic heterocycles. The number of hydrogen-bond acceptors (Lipinski definition) is 3. The molecule has 0 atom stereocenters. The Bertz CT molecular complexity index is 242. The predicted molar refractivity (Wildman–Crippen MR) is 68.7 cm³/mol. The minimum Gasteiger partial charge on any atom is -0.347 e. The molecule has 0 aromatic carbocycles. The van der Waals surface area contributed by atoms with E-state index in [-0.39, 0.29) is 18.4 Å². The lowest BCUT2D eigenvalue weighted by Crippen LogP contribution is -2.38. The molecule has 0 unspecified atom stereocenters. The average molecular weight is 243 g/mol. The van der Waals surface area contributed by atoms with Gasteiger partial charge in [0, 0.05) is 26.1 Å². The van der Waals surface area contributed by atoms with E-state index in [2.05, 4.69) is 24.5 Å². The van der Waals surface area contributed by atoms with E-state index < -0.39 is 0 Å². The number of nitrogens with zero attached hydrogens (tertiary/aromatic N) is 1. The van der Waals surface area contributed by atoms with E-state index in [0.29, 0.717) is 19.0 Å². The number of hydrogen-bond donors (Lipinski definition) is 2. The second kappa shape index (κ2) is 8.98. The zero-order valence-electron chi connectivity index (χ0n) is 11.4. The highest BCUT2D eigenvalue weighted by molar-refractivity contribution is 5.84. The van der Waals surface area contributed by atoms with Gasteiger partial charge >= 0.3 is 0 Å². The van der Waals surface area contributed by atoms with Crippen LogP contribution >= 0.6 is 0 Å². The Balaban J connectivity index is 3.56. The molecular weight excluding hydrogens is 218 g/mol. The van der Waals surface area contributed by atoms with Gasteiger partial charge in [-0.1, -0.05) is 13.8 Å². The summed E-state index contributed by atoms with van der Waals surface area (Å²) >= 11 is 0. The van der Waals surface area contributed by atoms with E-state index in [4.69, 9.17) is 0 Å². The zero-order chi connectivity index (χ0) is 13.3. The number of rotatable bonds is 8. The van der Waals surface area contributed by atoms with Gasteiger partial charge in [0.2, 0.25) is 11.8 Å². The molecule has 0 aromatic rings. The second-order valence-electron chi connectivity index (χ2n) is 4.40. The minimum atomic E-state index is -0.0617. The Labute approximate surface area is 104 Å². The molecule has 0 bridgehead atoms. The van der Waals surface area contributed by atoms with Gasteiger partial charge < -0.3 is 15.5 Å². The molecule has 0 rings (SSSR count). The summed E-state index contributed by atoms with van der Waals surface area (Å²) in [5.41, 5.74) is 0. The number of amides is 2. The second-order valence-corrected chi connectivity index (χ2v) is 4.40. The van der Waals surface area contributed by atoms with Gasteiger partial charge in [-0.25, -0.2) is 0 Å². The fourth-order valence-corrected chi connectivity index (χ4v) is 1.21. The molecule has 5 heteroatoms. The van der Waals surface area contributed by atoms with Gasteiger partial charge in [0.1, 0.15) is 0 Å². The Hall–Kier alpha value is -1.10. The van der Waals surface area contributed by atoms with Crippen LogP contribution in [-0.2, 0) is 9.59 Å². The number of carbonyl (C=O) groups excluding carboxylic acids is 2. The molecule has 5 nitrogen and oxygen atoms in total. The SMILES string of the molecule is CCN(C)C(=O)CNC(=O)CCCNC(C)C. The normalized spacial score (nSPS) is 10.4. The summed E-state index contributed by atoms with van der Waals surface area (Å²) in [6, 6.07) is 0.442. The topological polar surface area (TPSA) is 61.4 Å². The summed E-state index contributed by atoms with van der Waals surface area (Å²) in [7, 11) is 1.72. The Morgan fingerprint density at radius 2 is 1.94 bits per heavy atom. The number of carbonyl (C=O) groups is 2. The molecule has 0 aliphatic carbocycles. The highest BCUT2D eigenvalue weighted by Gasteiger charge is 2.08. The van der Waals surface area contributed by atoms with Crippen molar-refractivity contribution in [1.29, 1.82) is 0 Å². The lowest BCUT2D eigenvalue weighted by molar-refractivity contribution is -0.131. The summed E-state index contributed by atoms with van der Waals surface area (Å²) in [5.74, 6) is -0.116. The maximum Gasteiger partial charge on any atom is 0.241 e. The number of likely N-dealkylation sites (N-methyl/N-ethyl adjacent to an activating group) is 1. The molecule has 100 valence electrons. The smallest absolute Gasteiger partial charge is 0.241 e. The van der Waals surface area contributed by atoms with Crippen LogP contribution in [0.4, 0.5) is 0 Å². The van der Waals surface area contributed by atoms with E-state index in [1.807, 2.05) is 6.92 Å². The van der Waals surface area contributed by atoms with Crippen molar-refractivity contribution in [3.8, 4) is 0 Å². The summed E-state index contributed by atoms with van der Waals surface area (Å²) < 4.78 is 0. The van der Waals surface area contributed by atoms with Gasteiger partial charge in [0.15, 0.2) is 0 Å². The van der Waals surface area contributed by atoms with E-state index in [1.54, 1.807) is 11.9 Å². The molecule has 17 heavy (non-hydrogen) atoms. The molecule has 0 radical (unpaired) electrons. The van der Waals surface area contributed by atoms with Crippen LogP contribution < -0.4 is 10.6 Å². The first kappa shape index (κ1) is 15.9. The highest BCUT2D eigenvalue weighted by Crippen LogP contribution is 1.89. The van der Waals surface area contributed by atoms with Crippen LogP contribution in [0.5, 0.6) is 0 Å². The van der Waals surface area contributed by atoms with Crippen molar-refractivity contribution in [3.63, 3.8) is 0 Å². The molecule has 0 saturated carbocycles. The molecule has 0 saturated heterocycles. The lowest BCUT2D eigenvalue weighted by Gasteiger charge is -2.14. The van der Waals surface area contributed by atoms with Crippen molar-refractivity contribution in [2.75, 3.05) is 26.7 Å². The molecular formula is C12H25N3O2. The van der Waals surface area contributed by atoms with Crippen LogP contribution in [0.15, 0.2) is 0 Å². The van der Waals surface area contributed by atoms with Crippen LogP contribution in [0.3, 0.4) is 0 Å². The summed E-state index contributed by atoms with van der Waals surface area (Å²) in [5, 5.41) is 5.87. The van der Waals surface area contributed by atoms with Crippen molar-refractivity contribution < 1.29 is 9.59 Å². The zero-order valence-corrected chi connectivity index (χ0v) is 11.4. The third kappa shape index (κ3) is 8.68. The largest absolute Gasteiger partial charge is 0.347 e. The van der Waals surface area contributed by atoms with Gasteiger partial charge in [-0.2, -0.15) is 0 Å². The average Bonchev–Trinajstić information content (AvgIpc) is 2.30. The van der Waals surface area contributed by atoms with E-state index in [9.17, 15) is 9.59 Å². The van der Waals surface area contributed by atoms with E-state index in [0.717, 1.165) is 13.0 Å². The monoisotopic (exact) mass is 243 g/mol. The maximum absolute atomic E-state index is 11.4. The van der Waals surface area contributed by atoms with Crippen LogP contribution in [0, 0.1) is 0 Å². The quantitative estimate of drug-likeness (QED) is 0.605. The fourth-order valence-electron chi connectivity index (χ4n) is 1.21. The van der Waals surface area contributed by atoms with Crippen LogP contribution in [-0.4, -0.2) is 49.4 Å². The van der Waals surface area contributed by atoms with E-state index in [1.165, 1.54) is 0 Å². The molecule has 0 aromatic heterocycles. The summed E-state index contributed by atoms with van der Waals surface area (Å²) in [6.07, 6.45) is 1.25. The number of nitrogens with one attached hydrogen (secondary N) is 2. The summed E-state index contributed by atoms with van der Waals surface area (Å²) in [4.78, 5) is 24.4. The van der Waals surface area contributed by atoms with Crippen molar-refractivity contribution >= 4 is 11.8 Å². The van der Waals surface area contributed by atoms with Gasteiger partial charge in [-0.15, -0.1) is 0 Å². The van der Waals surface area contributed by atoms with Crippen molar-refractivity contribution in [3.05, 3.63) is 0 Å². The van der Waals surface area contributed by atoms with Crippen molar-refractivity contribution in [2.24, 2.45) is 0 Å². The predicted octanol–water partition coefficient (Wildman–Crippen LogP) is 0.359. The molecule has 2 N–H and O–H groups in total. The third-order valence-electron chi connectivity index (χ3n) is 2.47. The molecule has 2 amide bonds. The highest BCUT2D eigenvalue weighted by atomic mass is 16.2. The first-order valence-corrected chi connectivity index (χ1v) is 6.21. The Kier molecular flexibility index (Phi) is 8.40. The first-order chi connectivity index (χ1) is 7.97. The Morgan fingerprint density at radius 1 is 1.29 bits per heavy atom. The summed E-state index contributed by atoms with van der Waals surface area (Å²) in [6.45, 7) is 7.62. The lowest BCUT2D eigenvalue weighted by atomic mass is 10.2. The molecule has 0 heterocycles. The van der Waals surface area contributed by atoms with Crippen LogP contribution in [0.2, 0.25) is 0 Å². The van der Waals surface area contributed by atoms with Gasteiger partial charge in [0.25, 0.3) is 0 Å². The van der Waals surface area contributed by atoms with Crippen LogP contribution in [0.1, 0.15) is 33.6 Å². The fraction of sp³-hybridized carbons (Fsp3) is 0.833. The molecule has 0 fully saturated rings. The minimum absolute atomic E-state index is 0.0545. The van der Waals surface area contributed by atoms with Gasteiger partial charge in [0.05, 0.1) is 6.54 Å². The van der Waals surface area contributed by atoms with Gasteiger partial charge in [-0.05, 0) is 19.9 Å². The van der Waals surface area contributed by atoms with Gasteiger partial charge in [-0.3, -0.25) is 9.59 Å². The first-order valence-electron chi connectivity index (χ1n) is 6.21. The standard InChI is InChI=1S/C12H25N3O2/c1-5-15(4)12(17)9-14-11(16)7-6-8-13-10(2)3/h10,13H,5-9H2,1-4H3,(H,14,16). The van der Waals surface area contributed by atoms with Crippen LogP contribution in [0.25, 0.3) is 0 Å². The molecule has 0 aliphatic rings. The van der Waals surface area contributed by atoms with Crippen molar-refractivity contribution in [2.45, 2.75) is 39.7 Å². The Morgan fingerprint density at radius 3 is 2.47 bits per heavy atom. The maximum atomic E-state index is 11.4. The molecule has 0 spiro atoms. The van der Waals surface area contributed by atoms with E-state index >= 15 is 0 Å². The van der Waals surface area contributed by atoms with Crippen molar-refractivity contribution in [1.82, 2.24) is 15.5 Å².